The lowest BCUT2D eigenvalue weighted by atomic mass is 10.1. The molecule has 0 N–H and O–H groups in total. The number of quaternary nitrogens is 1. The lowest BCUT2D eigenvalue weighted by molar-refractivity contribution is 0.406. The van der Waals surface area contributed by atoms with Gasteiger partial charge >= 0.3 is 5.63 Å². The number of methoxy groups -OCH3 is 1. The Morgan fingerprint density at radius 3 is 2.88 bits per heavy atom. The van der Waals surface area contributed by atoms with E-state index in [1.165, 1.54) is 0 Å². The van der Waals surface area contributed by atoms with E-state index < -0.39 is 5.63 Å². The van der Waals surface area contributed by atoms with Crippen molar-refractivity contribution in [3.05, 3.63) is 71.4 Å². The van der Waals surface area contributed by atoms with Crippen molar-refractivity contribution in [1.82, 2.24) is 4.48 Å². The Labute approximate surface area is 147 Å². The zero-order chi connectivity index (χ0) is 17.0. The molecule has 0 radical (unpaired) electrons. The third-order valence-corrected chi connectivity index (χ3v) is 5.67. The number of thioether (sulfide) groups is 1. The van der Waals surface area contributed by atoms with E-state index >= 15 is 0 Å². The highest BCUT2D eigenvalue weighted by atomic mass is 32.2. The van der Waals surface area contributed by atoms with Crippen molar-refractivity contribution in [2.24, 2.45) is 4.99 Å². The molecule has 0 spiro atoms. The first-order valence-electron chi connectivity index (χ1n) is 7.78. The van der Waals surface area contributed by atoms with Gasteiger partial charge in [-0.3, -0.25) is 0 Å². The summed E-state index contributed by atoms with van der Waals surface area (Å²) in [5.74, 6) is 0.545. The minimum absolute atomic E-state index is 0.177. The van der Waals surface area contributed by atoms with Crippen molar-refractivity contribution < 1.29 is 9.15 Å². The molecule has 0 saturated heterocycles. The summed E-state index contributed by atoms with van der Waals surface area (Å²) >= 11 is 1.58. The van der Waals surface area contributed by atoms with Crippen molar-refractivity contribution in [2.45, 2.75) is 4.90 Å². The molecule has 0 amide bonds. The van der Waals surface area contributed by atoms with Crippen LogP contribution in [-0.4, -0.2) is 12.3 Å². The smallest absolute Gasteiger partial charge is 0.399 e. The molecule has 3 heterocycles. The molecule has 0 fully saturated rings. The minimum atomic E-state index is -0.395. The summed E-state index contributed by atoms with van der Waals surface area (Å²) in [6.45, 7) is 0. The summed E-state index contributed by atoms with van der Waals surface area (Å²) in [4.78, 5) is 18.5. The second-order valence-corrected chi connectivity index (χ2v) is 6.81. The van der Waals surface area contributed by atoms with E-state index in [0.717, 1.165) is 21.1 Å². The van der Waals surface area contributed by atoms with Crippen LogP contribution in [0.2, 0.25) is 0 Å². The summed E-state index contributed by atoms with van der Waals surface area (Å²) in [6, 6.07) is 15.5. The third-order valence-electron chi connectivity index (χ3n) is 4.53. The summed E-state index contributed by atoms with van der Waals surface area (Å²) in [5.41, 5.74) is 1.59. The van der Waals surface area contributed by atoms with Gasteiger partial charge in [-0.15, -0.1) is 0 Å². The SMILES string of the molecule is COc1cccc2cc([N+]34C=CN=C3Sc3ccccc34)c(=O)oc12. The van der Waals surface area contributed by atoms with Gasteiger partial charge < -0.3 is 9.15 Å². The van der Waals surface area contributed by atoms with E-state index in [1.54, 1.807) is 31.1 Å². The van der Waals surface area contributed by atoms with E-state index in [4.69, 9.17) is 9.15 Å². The van der Waals surface area contributed by atoms with Crippen LogP contribution >= 0.6 is 11.8 Å². The lowest BCUT2D eigenvalue weighted by Crippen LogP contribution is -2.41. The molecule has 2 aliphatic heterocycles. The van der Waals surface area contributed by atoms with Gasteiger partial charge in [0, 0.05) is 17.5 Å². The van der Waals surface area contributed by atoms with Crippen molar-refractivity contribution in [3.63, 3.8) is 0 Å². The molecule has 0 bridgehead atoms. The number of hydrogen-bond donors (Lipinski definition) is 0. The molecule has 1 atom stereocenters. The molecular weight excluding hydrogens is 336 g/mol. The first-order valence-corrected chi connectivity index (χ1v) is 8.59. The van der Waals surface area contributed by atoms with Gasteiger partial charge in [0.2, 0.25) is 5.69 Å². The molecule has 5 nitrogen and oxygen atoms in total. The topological polar surface area (TPSA) is 51.8 Å². The van der Waals surface area contributed by atoms with Crippen molar-refractivity contribution in [1.29, 1.82) is 0 Å². The number of amidine groups is 1. The van der Waals surface area contributed by atoms with Gasteiger partial charge in [-0.05, 0) is 23.9 Å². The molecule has 0 saturated carbocycles. The average molecular weight is 349 g/mol. The van der Waals surface area contributed by atoms with Gasteiger partial charge in [0.15, 0.2) is 17.0 Å². The monoisotopic (exact) mass is 349 g/mol. The summed E-state index contributed by atoms with van der Waals surface area (Å²) in [7, 11) is 1.56. The predicted octanol–water partition coefficient (Wildman–Crippen LogP) is 4.39. The summed E-state index contributed by atoms with van der Waals surface area (Å²) < 4.78 is 11.1. The second-order valence-electron chi connectivity index (χ2n) is 5.80. The highest BCUT2D eigenvalue weighted by Crippen LogP contribution is 2.52. The van der Waals surface area contributed by atoms with E-state index in [2.05, 4.69) is 4.99 Å². The molecule has 5 rings (SSSR count). The summed E-state index contributed by atoms with van der Waals surface area (Å²) in [6.07, 6.45) is 3.67. The molecule has 25 heavy (non-hydrogen) atoms. The van der Waals surface area contributed by atoms with Gasteiger partial charge in [-0.2, -0.15) is 9.48 Å². The number of para-hydroxylation sites is 2. The van der Waals surface area contributed by atoms with Crippen LogP contribution in [-0.2, 0) is 0 Å². The molecule has 3 aromatic rings. The number of nitrogens with zero attached hydrogens (tertiary/aromatic N) is 2. The normalized spacial score (nSPS) is 20.4. The number of rotatable bonds is 2. The molecule has 1 unspecified atom stereocenters. The first kappa shape index (κ1) is 14.5. The number of aliphatic imine (C=N–C) groups is 1. The fraction of sp³-hybridized carbons (Fsp3) is 0.0526. The molecule has 0 aliphatic carbocycles. The fourth-order valence-electron chi connectivity index (χ4n) is 3.39. The minimum Gasteiger partial charge on any atom is -0.493 e. The van der Waals surface area contributed by atoms with Crippen LogP contribution in [0.5, 0.6) is 5.75 Å². The van der Waals surface area contributed by atoms with E-state index in [1.807, 2.05) is 48.7 Å². The molecule has 1 aromatic heterocycles. The average Bonchev–Trinajstić information content (AvgIpc) is 3.17. The van der Waals surface area contributed by atoms with E-state index in [9.17, 15) is 4.79 Å². The fourth-order valence-corrected chi connectivity index (χ4v) is 4.57. The predicted molar refractivity (Wildman–Crippen MR) is 99.4 cm³/mol. The number of hydrogen-bond acceptors (Lipinski definition) is 5. The van der Waals surface area contributed by atoms with E-state index in [-0.39, 0.29) is 4.48 Å². The van der Waals surface area contributed by atoms with Crippen LogP contribution in [0.15, 0.2) is 80.0 Å². The molecule has 6 heteroatoms. The number of benzene rings is 2. The Kier molecular flexibility index (Phi) is 2.95. The van der Waals surface area contributed by atoms with Crippen molar-refractivity contribution >= 4 is 39.3 Å². The van der Waals surface area contributed by atoms with Crippen LogP contribution in [0.1, 0.15) is 0 Å². The van der Waals surface area contributed by atoms with Crippen LogP contribution in [0, 0.1) is 0 Å². The van der Waals surface area contributed by atoms with Gasteiger partial charge in [0.05, 0.1) is 18.2 Å². The number of fused-ring (bicyclic) bond motifs is 4. The molecule has 122 valence electrons. The quantitative estimate of drug-likeness (QED) is 0.509. The second kappa shape index (κ2) is 5.08. The van der Waals surface area contributed by atoms with Crippen LogP contribution < -0.4 is 14.8 Å². The zero-order valence-corrected chi connectivity index (χ0v) is 14.1. The maximum atomic E-state index is 12.9. The molecular formula is C19H13N2O3S+. The zero-order valence-electron chi connectivity index (χ0n) is 13.3. The Bertz CT molecular complexity index is 1150. The van der Waals surface area contributed by atoms with Gasteiger partial charge in [0.25, 0.3) is 5.17 Å². The van der Waals surface area contributed by atoms with Gasteiger partial charge in [-0.1, -0.05) is 24.3 Å². The van der Waals surface area contributed by atoms with Crippen molar-refractivity contribution in [3.8, 4) is 5.75 Å². The van der Waals surface area contributed by atoms with Crippen molar-refractivity contribution in [2.75, 3.05) is 7.11 Å². The van der Waals surface area contributed by atoms with Crippen LogP contribution in [0.3, 0.4) is 0 Å². The van der Waals surface area contributed by atoms with Crippen LogP contribution in [0.4, 0.5) is 11.4 Å². The standard InChI is InChI=1S/C19H13N2O3S/c1-23-15-7-4-5-12-11-14(18(22)24-17(12)15)21-10-9-20-19(21)25-16-8-3-2-6-13(16)21/h2-11H,1H3/q+1. The molecule has 2 aromatic carbocycles. The Balaban J connectivity index is 1.84. The maximum Gasteiger partial charge on any atom is 0.399 e. The summed E-state index contributed by atoms with van der Waals surface area (Å²) in [5, 5.41) is 1.64. The van der Waals surface area contributed by atoms with Gasteiger partial charge in [0.1, 0.15) is 6.20 Å². The van der Waals surface area contributed by atoms with Crippen LogP contribution in [0.25, 0.3) is 11.0 Å². The van der Waals surface area contributed by atoms with Gasteiger partial charge in [-0.25, -0.2) is 4.79 Å². The Morgan fingerprint density at radius 1 is 1.12 bits per heavy atom. The highest BCUT2D eigenvalue weighted by Gasteiger charge is 2.51. The highest BCUT2D eigenvalue weighted by molar-refractivity contribution is 8.14. The lowest BCUT2D eigenvalue weighted by Gasteiger charge is -2.24. The van der Waals surface area contributed by atoms with E-state index in [0.29, 0.717) is 17.0 Å². The Morgan fingerprint density at radius 2 is 2.00 bits per heavy atom. The molecule has 2 aliphatic rings. The maximum absolute atomic E-state index is 12.9. The first-order chi connectivity index (χ1) is 12.2. The third kappa shape index (κ3) is 1.83. The Hall–Kier alpha value is -2.83. The largest absolute Gasteiger partial charge is 0.493 e. The number of ether oxygens (including phenoxy) is 1.